The molecule has 0 saturated heterocycles. The second-order valence-electron chi connectivity index (χ2n) is 6.65. The molecule has 0 aliphatic heterocycles. The maximum atomic E-state index is 12.2. The summed E-state index contributed by atoms with van der Waals surface area (Å²) >= 11 is 0. The number of amides is 2. The Kier molecular flexibility index (Phi) is 5.65. The molecule has 134 valence electrons. The van der Waals surface area contributed by atoms with E-state index in [1.807, 2.05) is 24.3 Å². The lowest BCUT2D eigenvalue weighted by Crippen LogP contribution is -2.39. The fourth-order valence-corrected chi connectivity index (χ4v) is 3.45. The normalized spacial score (nSPS) is 15.9. The summed E-state index contributed by atoms with van der Waals surface area (Å²) in [5.41, 5.74) is 1.83. The van der Waals surface area contributed by atoms with E-state index >= 15 is 0 Å². The van der Waals surface area contributed by atoms with Gasteiger partial charge in [-0.2, -0.15) is 0 Å². The van der Waals surface area contributed by atoms with E-state index in [4.69, 9.17) is 4.74 Å². The first kappa shape index (κ1) is 17.4. The number of nitrogens with zero attached hydrogens (tertiary/aromatic N) is 3. The van der Waals surface area contributed by atoms with Crippen LogP contribution in [0, 0.1) is 5.41 Å². The first-order chi connectivity index (χ1) is 12.2. The number of anilines is 1. The molecule has 0 bridgehead atoms. The van der Waals surface area contributed by atoms with Crippen LogP contribution in [0.2, 0.25) is 0 Å². The van der Waals surface area contributed by atoms with Crippen molar-refractivity contribution in [1.29, 1.82) is 0 Å². The monoisotopic (exact) mass is 343 g/mol. The first-order valence-corrected chi connectivity index (χ1v) is 8.71. The third kappa shape index (κ3) is 4.57. The van der Waals surface area contributed by atoms with Gasteiger partial charge >= 0.3 is 6.03 Å². The van der Waals surface area contributed by atoms with Gasteiger partial charge in [-0.05, 0) is 48.9 Å². The van der Waals surface area contributed by atoms with Crippen LogP contribution in [0.1, 0.15) is 32.1 Å². The number of benzene rings is 1. The van der Waals surface area contributed by atoms with Crippen molar-refractivity contribution in [2.24, 2.45) is 5.41 Å². The molecule has 1 aliphatic carbocycles. The number of carbonyl (C=O) groups excluding carboxylic acids is 1. The van der Waals surface area contributed by atoms with Gasteiger partial charge in [0.2, 0.25) is 0 Å². The Morgan fingerprint density at radius 3 is 2.68 bits per heavy atom. The minimum Gasteiger partial charge on any atom is -0.385 e. The van der Waals surface area contributed by atoms with Crippen molar-refractivity contribution in [3.8, 4) is 5.69 Å². The molecule has 7 nitrogen and oxygen atoms in total. The molecule has 25 heavy (non-hydrogen) atoms. The van der Waals surface area contributed by atoms with E-state index in [-0.39, 0.29) is 11.4 Å². The molecule has 0 atom stereocenters. The SMILES string of the molecule is COCCC1(CNC(=O)Nc2ccc(-n3ccnn3)cc2)CCCC1. The van der Waals surface area contributed by atoms with Crippen molar-refractivity contribution in [3.63, 3.8) is 0 Å². The Labute approximate surface area is 147 Å². The number of hydrogen-bond acceptors (Lipinski definition) is 4. The smallest absolute Gasteiger partial charge is 0.319 e. The lowest BCUT2D eigenvalue weighted by molar-refractivity contribution is 0.136. The number of hydrogen-bond donors (Lipinski definition) is 2. The number of methoxy groups -OCH3 is 1. The van der Waals surface area contributed by atoms with Gasteiger partial charge in [-0.3, -0.25) is 0 Å². The van der Waals surface area contributed by atoms with Crippen molar-refractivity contribution in [2.45, 2.75) is 32.1 Å². The van der Waals surface area contributed by atoms with Crippen molar-refractivity contribution in [2.75, 3.05) is 25.6 Å². The minimum absolute atomic E-state index is 0.169. The van der Waals surface area contributed by atoms with Gasteiger partial charge in [-0.1, -0.05) is 18.1 Å². The molecule has 3 rings (SSSR count). The van der Waals surface area contributed by atoms with Crippen molar-refractivity contribution in [1.82, 2.24) is 20.3 Å². The Hall–Kier alpha value is -2.41. The molecule has 1 aromatic carbocycles. The molecule has 2 aromatic rings. The van der Waals surface area contributed by atoms with E-state index in [2.05, 4.69) is 20.9 Å². The predicted octanol–water partition coefficient (Wildman–Crippen LogP) is 2.99. The molecule has 0 radical (unpaired) electrons. The average Bonchev–Trinajstić information content (AvgIpc) is 3.32. The predicted molar refractivity (Wildman–Crippen MR) is 95.8 cm³/mol. The van der Waals surface area contributed by atoms with Crippen LogP contribution in [0.25, 0.3) is 5.69 Å². The molecule has 1 aromatic heterocycles. The minimum atomic E-state index is -0.169. The Bertz CT molecular complexity index is 663. The maximum absolute atomic E-state index is 12.2. The number of carbonyl (C=O) groups is 1. The lowest BCUT2D eigenvalue weighted by Gasteiger charge is -2.29. The summed E-state index contributed by atoms with van der Waals surface area (Å²) in [6, 6.07) is 7.32. The molecule has 1 heterocycles. The van der Waals surface area contributed by atoms with Crippen molar-refractivity contribution < 1.29 is 9.53 Å². The summed E-state index contributed by atoms with van der Waals surface area (Å²) in [6.45, 7) is 1.44. The van der Waals surface area contributed by atoms with E-state index in [0.29, 0.717) is 6.54 Å². The van der Waals surface area contributed by atoms with Gasteiger partial charge in [0.05, 0.1) is 18.1 Å². The molecular weight excluding hydrogens is 318 g/mol. The van der Waals surface area contributed by atoms with E-state index in [1.165, 1.54) is 12.8 Å². The molecule has 1 aliphatic rings. The zero-order valence-electron chi connectivity index (χ0n) is 14.6. The Morgan fingerprint density at radius 2 is 2.04 bits per heavy atom. The van der Waals surface area contributed by atoms with Crippen LogP contribution in [0.3, 0.4) is 0 Å². The summed E-state index contributed by atoms with van der Waals surface area (Å²) in [5.74, 6) is 0. The van der Waals surface area contributed by atoms with Gasteiger partial charge in [0.25, 0.3) is 0 Å². The van der Waals surface area contributed by atoms with Crippen molar-refractivity contribution >= 4 is 11.7 Å². The topological polar surface area (TPSA) is 81.1 Å². The van der Waals surface area contributed by atoms with Crippen LogP contribution in [0.4, 0.5) is 10.5 Å². The summed E-state index contributed by atoms with van der Waals surface area (Å²) in [5, 5.41) is 13.6. The standard InChI is InChI=1S/C18H25N5O2/c1-25-13-10-18(8-2-3-9-18)14-19-17(24)21-15-4-6-16(7-5-15)23-12-11-20-22-23/h4-7,11-12H,2-3,8-10,13-14H2,1H3,(H2,19,21,24). The number of rotatable bonds is 7. The third-order valence-corrected chi connectivity index (χ3v) is 4.94. The number of ether oxygens (including phenoxy) is 1. The van der Waals surface area contributed by atoms with E-state index in [0.717, 1.165) is 37.2 Å². The van der Waals surface area contributed by atoms with Crippen LogP contribution in [-0.4, -0.2) is 41.3 Å². The summed E-state index contributed by atoms with van der Waals surface area (Å²) in [6.07, 6.45) is 9.18. The van der Waals surface area contributed by atoms with Crippen molar-refractivity contribution in [3.05, 3.63) is 36.7 Å². The van der Waals surface area contributed by atoms with Crippen LogP contribution in [0.15, 0.2) is 36.7 Å². The maximum Gasteiger partial charge on any atom is 0.319 e. The molecule has 7 heteroatoms. The third-order valence-electron chi connectivity index (χ3n) is 4.94. The lowest BCUT2D eigenvalue weighted by atomic mass is 9.83. The van der Waals surface area contributed by atoms with Gasteiger partial charge in [-0.25, -0.2) is 9.48 Å². The largest absolute Gasteiger partial charge is 0.385 e. The molecule has 1 fully saturated rings. The van der Waals surface area contributed by atoms with Crippen LogP contribution < -0.4 is 10.6 Å². The second-order valence-corrected chi connectivity index (χ2v) is 6.65. The van der Waals surface area contributed by atoms with E-state index in [1.54, 1.807) is 24.2 Å². The molecule has 1 saturated carbocycles. The number of nitrogens with one attached hydrogen (secondary N) is 2. The molecule has 2 amide bonds. The van der Waals surface area contributed by atoms with Gasteiger partial charge in [0.15, 0.2) is 0 Å². The Morgan fingerprint density at radius 1 is 1.28 bits per heavy atom. The molecule has 0 unspecified atom stereocenters. The quantitative estimate of drug-likeness (QED) is 0.810. The number of aromatic nitrogens is 3. The molecule has 0 spiro atoms. The highest BCUT2D eigenvalue weighted by Crippen LogP contribution is 2.40. The van der Waals surface area contributed by atoms with Crippen LogP contribution in [-0.2, 0) is 4.74 Å². The average molecular weight is 343 g/mol. The fraction of sp³-hybridized carbons (Fsp3) is 0.500. The first-order valence-electron chi connectivity index (χ1n) is 8.71. The van der Waals surface area contributed by atoms with Crippen LogP contribution in [0.5, 0.6) is 0 Å². The summed E-state index contributed by atoms with van der Waals surface area (Å²) in [4.78, 5) is 12.2. The Balaban J connectivity index is 1.52. The fourth-order valence-electron chi connectivity index (χ4n) is 3.45. The summed E-state index contributed by atoms with van der Waals surface area (Å²) in [7, 11) is 1.73. The molecule has 2 N–H and O–H groups in total. The summed E-state index contributed by atoms with van der Waals surface area (Å²) < 4.78 is 6.90. The highest BCUT2D eigenvalue weighted by Gasteiger charge is 2.33. The second kappa shape index (κ2) is 8.11. The van der Waals surface area contributed by atoms with E-state index in [9.17, 15) is 4.79 Å². The highest BCUT2D eigenvalue weighted by molar-refractivity contribution is 5.89. The van der Waals surface area contributed by atoms with Gasteiger partial charge in [0, 0.05) is 25.9 Å². The van der Waals surface area contributed by atoms with E-state index < -0.39 is 0 Å². The zero-order valence-corrected chi connectivity index (χ0v) is 14.6. The van der Waals surface area contributed by atoms with Gasteiger partial charge in [-0.15, -0.1) is 5.10 Å². The zero-order chi connectivity index (χ0) is 17.5. The van der Waals surface area contributed by atoms with Crippen LogP contribution >= 0.6 is 0 Å². The number of urea groups is 1. The highest BCUT2D eigenvalue weighted by atomic mass is 16.5. The molecular formula is C18H25N5O2. The van der Waals surface area contributed by atoms with Gasteiger partial charge in [0.1, 0.15) is 0 Å². The van der Waals surface area contributed by atoms with Gasteiger partial charge < -0.3 is 15.4 Å².